The molecule has 0 amide bonds. The standard InChI is InChI=1S/C13H16BrN3OS/c1-9(6-15)7-19-8-12-16-13(17-18-12)10-3-2-4-11(14)5-10/h2-5,9H,6-8,15H2,1H3. The van der Waals surface area contributed by atoms with Crippen molar-refractivity contribution in [1.29, 1.82) is 0 Å². The van der Waals surface area contributed by atoms with Crippen molar-refractivity contribution in [3.63, 3.8) is 0 Å². The molecule has 0 fully saturated rings. The Labute approximate surface area is 125 Å². The van der Waals surface area contributed by atoms with Crippen molar-refractivity contribution in [2.24, 2.45) is 11.7 Å². The summed E-state index contributed by atoms with van der Waals surface area (Å²) in [6.07, 6.45) is 0. The number of nitrogens with two attached hydrogens (primary N) is 1. The lowest BCUT2D eigenvalue weighted by Crippen LogP contribution is -2.12. The third-order valence-electron chi connectivity index (χ3n) is 2.58. The summed E-state index contributed by atoms with van der Waals surface area (Å²) in [5.41, 5.74) is 6.53. The summed E-state index contributed by atoms with van der Waals surface area (Å²) in [4.78, 5) is 4.39. The molecule has 0 aliphatic carbocycles. The van der Waals surface area contributed by atoms with E-state index in [0.29, 0.717) is 24.2 Å². The van der Waals surface area contributed by atoms with E-state index in [1.165, 1.54) is 0 Å². The van der Waals surface area contributed by atoms with Crippen LogP contribution in [0.4, 0.5) is 0 Å². The second kappa shape index (κ2) is 7.07. The molecular formula is C13H16BrN3OS. The lowest BCUT2D eigenvalue weighted by Gasteiger charge is -2.05. The SMILES string of the molecule is CC(CN)CSCc1nc(-c2cccc(Br)c2)no1. The van der Waals surface area contributed by atoms with Crippen LogP contribution in [0.15, 0.2) is 33.3 Å². The Morgan fingerprint density at radius 1 is 1.47 bits per heavy atom. The van der Waals surface area contributed by atoms with E-state index in [2.05, 4.69) is 33.0 Å². The van der Waals surface area contributed by atoms with Crippen LogP contribution in [0.25, 0.3) is 11.4 Å². The highest BCUT2D eigenvalue weighted by Crippen LogP contribution is 2.21. The summed E-state index contributed by atoms with van der Waals surface area (Å²) in [5.74, 6) is 3.53. The van der Waals surface area contributed by atoms with Crippen LogP contribution in [0.3, 0.4) is 0 Å². The highest BCUT2D eigenvalue weighted by atomic mass is 79.9. The number of aromatic nitrogens is 2. The van der Waals surface area contributed by atoms with Crippen molar-refractivity contribution in [2.75, 3.05) is 12.3 Å². The molecule has 0 aliphatic rings. The molecule has 0 bridgehead atoms. The van der Waals surface area contributed by atoms with Crippen molar-refractivity contribution in [1.82, 2.24) is 10.1 Å². The molecule has 0 radical (unpaired) electrons. The summed E-state index contributed by atoms with van der Waals surface area (Å²) in [6, 6.07) is 7.85. The number of hydrogen-bond donors (Lipinski definition) is 1. The van der Waals surface area contributed by atoms with E-state index in [4.69, 9.17) is 10.3 Å². The maximum atomic E-state index is 5.58. The van der Waals surface area contributed by atoms with Gasteiger partial charge in [-0.25, -0.2) is 0 Å². The fraction of sp³-hybridized carbons (Fsp3) is 0.385. The molecule has 1 heterocycles. The number of thioether (sulfide) groups is 1. The Morgan fingerprint density at radius 3 is 3.05 bits per heavy atom. The summed E-state index contributed by atoms with van der Waals surface area (Å²) in [6.45, 7) is 2.84. The molecule has 1 aromatic carbocycles. The van der Waals surface area contributed by atoms with Crippen LogP contribution in [0, 0.1) is 5.92 Å². The highest BCUT2D eigenvalue weighted by molar-refractivity contribution is 9.10. The van der Waals surface area contributed by atoms with E-state index in [0.717, 1.165) is 21.5 Å². The zero-order chi connectivity index (χ0) is 13.7. The minimum absolute atomic E-state index is 0.512. The number of halogens is 1. The third kappa shape index (κ3) is 4.33. The fourth-order valence-electron chi connectivity index (χ4n) is 1.47. The third-order valence-corrected chi connectivity index (χ3v) is 4.33. The molecule has 0 aliphatic heterocycles. The number of rotatable bonds is 6. The molecule has 1 atom stereocenters. The monoisotopic (exact) mass is 341 g/mol. The van der Waals surface area contributed by atoms with Crippen LogP contribution in [0.2, 0.25) is 0 Å². The minimum Gasteiger partial charge on any atom is -0.338 e. The summed E-state index contributed by atoms with van der Waals surface area (Å²) < 4.78 is 6.25. The Morgan fingerprint density at radius 2 is 2.32 bits per heavy atom. The van der Waals surface area contributed by atoms with Crippen LogP contribution in [-0.2, 0) is 5.75 Å². The van der Waals surface area contributed by atoms with Gasteiger partial charge in [-0.2, -0.15) is 16.7 Å². The van der Waals surface area contributed by atoms with Gasteiger partial charge >= 0.3 is 0 Å². The molecule has 102 valence electrons. The second-order valence-electron chi connectivity index (χ2n) is 4.38. The van der Waals surface area contributed by atoms with E-state index >= 15 is 0 Å². The number of nitrogens with zero attached hydrogens (tertiary/aromatic N) is 2. The van der Waals surface area contributed by atoms with E-state index in [-0.39, 0.29) is 0 Å². The van der Waals surface area contributed by atoms with Gasteiger partial charge < -0.3 is 10.3 Å². The van der Waals surface area contributed by atoms with E-state index in [1.807, 2.05) is 24.3 Å². The fourth-order valence-corrected chi connectivity index (χ4v) is 2.82. The molecule has 2 rings (SSSR count). The molecule has 0 spiro atoms. The van der Waals surface area contributed by atoms with E-state index < -0.39 is 0 Å². The predicted molar refractivity (Wildman–Crippen MR) is 81.8 cm³/mol. The maximum absolute atomic E-state index is 5.58. The van der Waals surface area contributed by atoms with Crippen molar-refractivity contribution < 1.29 is 4.52 Å². The molecule has 0 saturated carbocycles. The Hall–Kier alpha value is -0.850. The molecule has 2 N–H and O–H groups in total. The Kier molecular flexibility index (Phi) is 5.42. The van der Waals surface area contributed by atoms with Gasteiger partial charge in [0.15, 0.2) is 0 Å². The van der Waals surface area contributed by atoms with Crippen molar-refractivity contribution in [2.45, 2.75) is 12.7 Å². The molecule has 0 saturated heterocycles. The van der Waals surface area contributed by atoms with E-state index in [9.17, 15) is 0 Å². The van der Waals surface area contributed by atoms with Gasteiger partial charge in [0.2, 0.25) is 11.7 Å². The van der Waals surface area contributed by atoms with Gasteiger partial charge in [-0.1, -0.05) is 40.1 Å². The molecule has 6 heteroatoms. The zero-order valence-corrected chi connectivity index (χ0v) is 13.1. The molecule has 1 unspecified atom stereocenters. The highest BCUT2D eigenvalue weighted by Gasteiger charge is 2.09. The van der Waals surface area contributed by atoms with Gasteiger partial charge in [0, 0.05) is 10.0 Å². The smallest absolute Gasteiger partial charge is 0.236 e. The molecule has 4 nitrogen and oxygen atoms in total. The summed E-state index contributed by atoms with van der Waals surface area (Å²) in [5, 5.41) is 4.00. The topological polar surface area (TPSA) is 64.9 Å². The van der Waals surface area contributed by atoms with Crippen LogP contribution >= 0.6 is 27.7 Å². The first-order valence-corrected chi connectivity index (χ1v) is 8.00. The first-order valence-electron chi connectivity index (χ1n) is 6.05. The summed E-state index contributed by atoms with van der Waals surface area (Å²) >= 11 is 5.20. The predicted octanol–water partition coefficient (Wildman–Crippen LogP) is 3.33. The minimum atomic E-state index is 0.512. The van der Waals surface area contributed by atoms with Crippen molar-refractivity contribution in [3.8, 4) is 11.4 Å². The largest absolute Gasteiger partial charge is 0.338 e. The average molecular weight is 342 g/mol. The van der Waals surface area contributed by atoms with Crippen LogP contribution in [0.5, 0.6) is 0 Å². The lowest BCUT2D eigenvalue weighted by atomic mass is 10.2. The molecule has 2 aromatic rings. The Balaban J connectivity index is 1.95. The molecular weight excluding hydrogens is 326 g/mol. The van der Waals surface area contributed by atoms with Crippen LogP contribution < -0.4 is 5.73 Å². The summed E-state index contributed by atoms with van der Waals surface area (Å²) in [7, 11) is 0. The van der Waals surface area contributed by atoms with Gasteiger partial charge in [0.05, 0.1) is 5.75 Å². The van der Waals surface area contributed by atoms with Gasteiger partial charge in [-0.3, -0.25) is 0 Å². The second-order valence-corrected chi connectivity index (χ2v) is 6.32. The number of benzene rings is 1. The van der Waals surface area contributed by atoms with Gasteiger partial charge in [-0.05, 0) is 30.3 Å². The average Bonchev–Trinajstić information content (AvgIpc) is 2.87. The first kappa shape index (κ1) is 14.6. The van der Waals surface area contributed by atoms with Crippen molar-refractivity contribution in [3.05, 3.63) is 34.6 Å². The van der Waals surface area contributed by atoms with Crippen LogP contribution in [0.1, 0.15) is 12.8 Å². The lowest BCUT2D eigenvalue weighted by molar-refractivity contribution is 0.391. The number of hydrogen-bond acceptors (Lipinski definition) is 5. The van der Waals surface area contributed by atoms with Gasteiger partial charge in [0.25, 0.3) is 0 Å². The normalized spacial score (nSPS) is 12.6. The van der Waals surface area contributed by atoms with Gasteiger partial charge in [0.1, 0.15) is 0 Å². The first-order chi connectivity index (χ1) is 9.19. The van der Waals surface area contributed by atoms with Crippen LogP contribution in [-0.4, -0.2) is 22.4 Å². The van der Waals surface area contributed by atoms with E-state index in [1.54, 1.807) is 11.8 Å². The quantitative estimate of drug-likeness (QED) is 0.872. The molecule has 19 heavy (non-hydrogen) atoms. The van der Waals surface area contributed by atoms with Crippen molar-refractivity contribution >= 4 is 27.7 Å². The maximum Gasteiger partial charge on any atom is 0.236 e. The Bertz CT molecular complexity index is 532. The zero-order valence-electron chi connectivity index (χ0n) is 10.7. The van der Waals surface area contributed by atoms with Gasteiger partial charge in [-0.15, -0.1) is 0 Å². The molecule has 1 aromatic heterocycles.